The lowest BCUT2D eigenvalue weighted by atomic mass is 10.2. The number of aromatic nitrogens is 1. The molecule has 1 N–H and O–H groups in total. The first kappa shape index (κ1) is 13.8. The van der Waals surface area contributed by atoms with Crippen molar-refractivity contribution in [3.05, 3.63) is 71.2 Å². The quantitative estimate of drug-likeness (QED) is 0.777. The number of thiazole rings is 1. The summed E-state index contributed by atoms with van der Waals surface area (Å²) in [5.41, 5.74) is 2.89. The molecular weight excluding hydrogens is 282 g/mol. The predicted octanol–water partition coefficient (Wildman–Crippen LogP) is 3.88. The third kappa shape index (κ3) is 3.48. The van der Waals surface area contributed by atoms with Crippen LogP contribution in [0.5, 0.6) is 5.75 Å². The third-order valence-electron chi connectivity index (χ3n) is 3.06. The van der Waals surface area contributed by atoms with Crippen LogP contribution in [0.25, 0.3) is 10.6 Å². The van der Waals surface area contributed by atoms with Crippen LogP contribution >= 0.6 is 11.3 Å². The van der Waals surface area contributed by atoms with Gasteiger partial charge in [-0.05, 0) is 29.8 Å². The average Bonchev–Trinajstić information content (AvgIpc) is 3.03. The van der Waals surface area contributed by atoms with Crippen molar-refractivity contribution < 1.29 is 9.84 Å². The van der Waals surface area contributed by atoms with Gasteiger partial charge >= 0.3 is 0 Å². The van der Waals surface area contributed by atoms with E-state index in [2.05, 4.69) is 4.98 Å². The molecule has 0 aliphatic heterocycles. The minimum Gasteiger partial charge on any atom is -0.489 e. The van der Waals surface area contributed by atoms with Crippen molar-refractivity contribution in [3.8, 4) is 16.3 Å². The first-order valence-electron chi connectivity index (χ1n) is 6.67. The van der Waals surface area contributed by atoms with Crippen LogP contribution < -0.4 is 4.74 Å². The highest BCUT2D eigenvalue weighted by atomic mass is 32.1. The monoisotopic (exact) mass is 297 g/mol. The summed E-state index contributed by atoms with van der Waals surface area (Å²) in [4.78, 5) is 4.35. The molecule has 3 aromatic rings. The summed E-state index contributed by atoms with van der Waals surface area (Å²) in [7, 11) is 0. The van der Waals surface area contributed by atoms with Crippen molar-refractivity contribution in [1.82, 2.24) is 4.98 Å². The molecule has 1 heterocycles. The lowest BCUT2D eigenvalue weighted by molar-refractivity contribution is 0.278. The van der Waals surface area contributed by atoms with Crippen LogP contribution in [0.2, 0.25) is 0 Å². The molecule has 0 saturated carbocycles. The Hall–Kier alpha value is -2.17. The molecule has 0 aliphatic rings. The Balaban J connectivity index is 1.66. The molecule has 0 saturated heterocycles. The second kappa shape index (κ2) is 6.52. The van der Waals surface area contributed by atoms with Crippen molar-refractivity contribution in [3.63, 3.8) is 0 Å². The number of hydrogen-bond donors (Lipinski definition) is 1. The summed E-state index contributed by atoms with van der Waals surface area (Å²) in [6, 6.07) is 17.9. The van der Waals surface area contributed by atoms with E-state index in [4.69, 9.17) is 9.84 Å². The molecule has 0 atom stereocenters. The Morgan fingerprint density at radius 1 is 1.00 bits per heavy atom. The Morgan fingerprint density at radius 2 is 1.76 bits per heavy atom. The number of ether oxygens (including phenoxy) is 1. The minimum absolute atomic E-state index is 0.0191. The van der Waals surface area contributed by atoms with Gasteiger partial charge in [-0.1, -0.05) is 30.3 Å². The largest absolute Gasteiger partial charge is 0.489 e. The maximum atomic E-state index is 9.04. The van der Waals surface area contributed by atoms with Gasteiger partial charge in [0.05, 0.1) is 12.3 Å². The summed E-state index contributed by atoms with van der Waals surface area (Å²) in [5.74, 6) is 0.835. The molecule has 0 unspecified atom stereocenters. The van der Waals surface area contributed by atoms with Gasteiger partial charge in [0.15, 0.2) is 0 Å². The van der Waals surface area contributed by atoms with Crippen LogP contribution in [-0.4, -0.2) is 10.1 Å². The van der Waals surface area contributed by atoms with Gasteiger partial charge < -0.3 is 9.84 Å². The van der Waals surface area contributed by atoms with Crippen molar-refractivity contribution >= 4 is 11.3 Å². The zero-order valence-electron chi connectivity index (χ0n) is 11.4. The molecule has 3 nitrogen and oxygen atoms in total. The fourth-order valence-electron chi connectivity index (χ4n) is 1.95. The second-order valence-corrected chi connectivity index (χ2v) is 5.46. The van der Waals surface area contributed by atoms with E-state index < -0.39 is 0 Å². The van der Waals surface area contributed by atoms with E-state index >= 15 is 0 Å². The Kier molecular flexibility index (Phi) is 4.28. The van der Waals surface area contributed by atoms with Crippen LogP contribution in [0, 0.1) is 0 Å². The molecular formula is C17H15NO2S. The van der Waals surface area contributed by atoms with Gasteiger partial charge in [0.1, 0.15) is 17.4 Å². The zero-order chi connectivity index (χ0) is 14.5. The summed E-state index contributed by atoms with van der Waals surface area (Å²) >= 11 is 1.53. The van der Waals surface area contributed by atoms with E-state index in [1.165, 1.54) is 11.3 Å². The number of aliphatic hydroxyl groups excluding tert-OH is 1. The van der Waals surface area contributed by atoms with Gasteiger partial charge in [0.2, 0.25) is 0 Å². The summed E-state index contributed by atoms with van der Waals surface area (Å²) < 4.78 is 5.75. The molecule has 0 fully saturated rings. The molecule has 0 radical (unpaired) electrons. The zero-order valence-corrected chi connectivity index (χ0v) is 12.2. The normalized spacial score (nSPS) is 10.5. The average molecular weight is 297 g/mol. The first-order chi connectivity index (χ1) is 10.3. The highest BCUT2D eigenvalue weighted by molar-refractivity contribution is 7.13. The molecule has 3 rings (SSSR count). The minimum atomic E-state index is -0.0191. The van der Waals surface area contributed by atoms with Gasteiger partial charge in [-0.2, -0.15) is 0 Å². The molecule has 21 heavy (non-hydrogen) atoms. The van der Waals surface area contributed by atoms with Gasteiger partial charge in [0, 0.05) is 10.9 Å². The van der Waals surface area contributed by atoms with E-state index in [1.54, 1.807) is 0 Å². The van der Waals surface area contributed by atoms with Crippen molar-refractivity contribution in [1.29, 1.82) is 0 Å². The number of hydrogen-bond acceptors (Lipinski definition) is 4. The van der Waals surface area contributed by atoms with Crippen LogP contribution in [0.1, 0.15) is 11.3 Å². The van der Waals surface area contributed by atoms with Crippen molar-refractivity contribution in [2.24, 2.45) is 0 Å². The van der Waals surface area contributed by atoms with Gasteiger partial charge in [-0.25, -0.2) is 4.98 Å². The predicted molar refractivity (Wildman–Crippen MR) is 84.2 cm³/mol. The van der Waals surface area contributed by atoms with Crippen LogP contribution in [0.15, 0.2) is 60.0 Å². The summed E-state index contributed by atoms with van der Waals surface area (Å²) in [6.07, 6.45) is 0. The van der Waals surface area contributed by atoms with Crippen LogP contribution in [-0.2, 0) is 13.2 Å². The summed E-state index contributed by atoms with van der Waals surface area (Å²) in [6.45, 7) is 0.543. The number of benzene rings is 2. The maximum absolute atomic E-state index is 9.04. The van der Waals surface area contributed by atoms with Gasteiger partial charge in [-0.15, -0.1) is 11.3 Å². The van der Waals surface area contributed by atoms with E-state index in [-0.39, 0.29) is 6.61 Å². The van der Waals surface area contributed by atoms with Crippen molar-refractivity contribution in [2.75, 3.05) is 0 Å². The highest BCUT2D eigenvalue weighted by Crippen LogP contribution is 2.26. The molecule has 1 aromatic heterocycles. The van der Waals surface area contributed by atoms with E-state index in [0.29, 0.717) is 12.3 Å². The second-order valence-electron chi connectivity index (χ2n) is 4.60. The number of nitrogens with zero attached hydrogens (tertiary/aromatic N) is 1. The van der Waals surface area contributed by atoms with Crippen LogP contribution in [0.4, 0.5) is 0 Å². The lowest BCUT2D eigenvalue weighted by Gasteiger charge is -2.06. The smallest absolute Gasteiger partial charge is 0.123 e. The standard InChI is InChI=1S/C17H15NO2S/c19-10-15-12-21-17(18-15)14-6-8-16(9-7-14)20-11-13-4-2-1-3-5-13/h1-9,12,19H,10-11H2. The Bertz CT molecular complexity index is 692. The van der Waals surface area contributed by atoms with Crippen LogP contribution in [0.3, 0.4) is 0 Å². The first-order valence-corrected chi connectivity index (χ1v) is 7.55. The molecule has 2 aromatic carbocycles. The highest BCUT2D eigenvalue weighted by Gasteiger charge is 2.04. The molecule has 0 spiro atoms. The van der Waals surface area contributed by atoms with E-state index in [0.717, 1.165) is 21.9 Å². The number of rotatable bonds is 5. The molecule has 4 heteroatoms. The number of aliphatic hydroxyl groups is 1. The molecule has 0 amide bonds. The third-order valence-corrected chi connectivity index (χ3v) is 4.00. The fraction of sp³-hybridized carbons (Fsp3) is 0.118. The lowest BCUT2D eigenvalue weighted by Crippen LogP contribution is -1.94. The topological polar surface area (TPSA) is 42.4 Å². The Morgan fingerprint density at radius 3 is 2.43 bits per heavy atom. The Labute approximate surface area is 127 Å². The molecule has 0 aliphatic carbocycles. The van der Waals surface area contributed by atoms with E-state index in [9.17, 15) is 0 Å². The van der Waals surface area contributed by atoms with Crippen molar-refractivity contribution in [2.45, 2.75) is 13.2 Å². The SMILES string of the molecule is OCc1csc(-c2ccc(OCc3ccccc3)cc2)n1. The van der Waals surface area contributed by atoms with E-state index in [1.807, 2.05) is 60.0 Å². The van der Waals surface area contributed by atoms with Gasteiger partial charge in [-0.3, -0.25) is 0 Å². The van der Waals surface area contributed by atoms with Gasteiger partial charge in [0.25, 0.3) is 0 Å². The fourth-order valence-corrected chi connectivity index (χ4v) is 2.76. The maximum Gasteiger partial charge on any atom is 0.123 e. The molecule has 0 bridgehead atoms. The summed E-state index contributed by atoms with van der Waals surface area (Å²) in [5, 5.41) is 11.8. The molecule has 106 valence electrons.